The Labute approximate surface area is 164 Å². The van der Waals surface area contributed by atoms with E-state index in [1.807, 2.05) is 31.2 Å². The van der Waals surface area contributed by atoms with Gasteiger partial charge in [0.1, 0.15) is 6.54 Å². The first-order valence-corrected chi connectivity index (χ1v) is 9.56. The first-order chi connectivity index (χ1) is 13.5. The third kappa shape index (κ3) is 4.65. The highest BCUT2D eigenvalue weighted by atomic mass is 16.5. The molecule has 0 N–H and O–H groups in total. The van der Waals surface area contributed by atoms with Gasteiger partial charge in [0.25, 0.3) is 5.56 Å². The molecule has 0 unspecified atom stereocenters. The maximum atomic E-state index is 12.5. The smallest absolute Gasteiger partial charge is 0.309 e. The number of aromatic nitrogens is 2. The Kier molecular flexibility index (Phi) is 6.23. The number of hydrogen-bond acceptors (Lipinski definition) is 5. The number of hydrogen-bond donors (Lipinski definition) is 0. The van der Waals surface area contributed by atoms with Crippen LogP contribution in [0.15, 0.2) is 41.5 Å². The zero-order valence-electron chi connectivity index (χ0n) is 16.3. The molecule has 1 aliphatic rings. The largest absolute Gasteiger partial charge is 0.466 e. The Morgan fingerprint density at radius 3 is 2.46 bits per heavy atom. The number of rotatable bonds is 5. The van der Waals surface area contributed by atoms with Crippen LogP contribution in [0.5, 0.6) is 0 Å². The van der Waals surface area contributed by atoms with Gasteiger partial charge in [-0.05, 0) is 26.7 Å². The molecule has 0 bridgehead atoms. The van der Waals surface area contributed by atoms with Crippen LogP contribution < -0.4 is 5.56 Å². The van der Waals surface area contributed by atoms with Crippen molar-refractivity contribution in [2.24, 2.45) is 5.92 Å². The van der Waals surface area contributed by atoms with Gasteiger partial charge in [-0.3, -0.25) is 19.0 Å². The molecule has 1 saturated heterocycles. The van der Waals surface area contributed by atoms with Crippen LogP contribution in [0.3, 0.4) is 0 Å². The fourth-order valence-electron chi connectivity index (χ4n) is 3.30. The summed E-state index contributed by atoms with van der Waals surface area (Å²) in [6.07, 6.45) is 2.59. The van der Waals surface area contributed by atoms with Crippen molar-refractivity contribution in [1.82, 2.24) is 14.5 Å². The van der Waals surface area contributed by atoms with Crippen molar-refractivity contribution in [3.8, 4) is 11.3 Å². The summed E-state index contributed by atoms with van der Waals surface area (Å²) >= 11 is 0. The van der Waals surface area contributed by atoms with Crippen molar-refractivity contribution in [3.05, 3.63) is 52.6 Å². The predicted molar refractivity (Wildman–Crippen MR) is 105 cm³/mol. The Morgan fingerprint density at radius 1 is 1.18 bits per heavy atom. The number of benzene rings is 1. The number of likely N-dealkylation sites (tertiary alicyclic amines) is 1. The number of ether oxygens (including phenoxy) is 1. The third-order valence-corrected chi connectivity index (χ3v) is 5.00. The Balaban J connectivity index is 1.61. The van der Waals surface area contributed by atoms with Crippen LogP contribution in [-0.4, -0.2) is 46.0 Å². The molecule has 1 fully saturated rings. The molecule has 0 radical (unpaired) electrons. The minimum Gasteiger partial charge on any atom is -0.466 e. The maximum Gasteiger partial charge on any atom is 0.309 e. The van der Waals surface area contributed by atoms with Gasteiger partial charge >= 0.3 is 5.97 Å². The summed E-state index contributed by atoms with van der Waals surface area (Å²) < 4.78 is 6.36. The van der Waals surface area contributed by atoms with Gasteiger partial charge in [0.15, 0.2) is 0 Å². The van der Waals surface area contributed by atoms with Crippen molar-refractivity contribution in [3.63, 3.8) is 0 Å². The molecule has 7 heteroatoms. The molecule has 1 aromatic heterocycles. The fourth-order valence-corrected chi connectivity index (χ4v) is 3.30. The molecule has 28 heavy (non-hydrogen) atoms. The molecule has 0 saturated carbocycles. The van der Waals surface area contributed by atoms with Crippen molar-refractivity contribution in [2.75, 3.05) is 19.7 Å². The van der Waals surface area contributed by atoms with Crippen molar-refractivity contribution >= 4 is 11.9 Å². The van der Waals surface area contributed by atoms with Crippen LogP contribution in [0, 0.1) is 12.8 Å². The van der Waals surface area contributed by atoms with E-state index in [-0.39, 0.29) is 29.9 Å². The van der Waals surface area contributed by atoms with Gasteiger partial charge in [-0.1, -0.05) is 29.8 Å². The Hall–Kier alpha value is -2.96. The van der Waals surface area contributed by atoms with Gasteiger partial charge < -0.3 is 9.64 Å². The predicted octanol–water partition coefficient (Wildman–Crippen LogP) is 2.02. The van der Waals surface area contributed by atoms with E-state index in [0.717, 1.165) is 11.1 Å². The lowest BCUT2D eigenvalue weighted by atomic mass is 9.97. The van der Waals surface area contributed by atoms with E-state index in [2.05, 4.69) is 4.98 Å². The van der Waals surface area contributed by atoms with Gasteiger partial charge in [0.05, 0.1) is 24.5 Å². The highest BCUT2D eigenvalue weighted by molar-refractivity contribution is 5.77. The molecular formula is C21H25N3O4. The van der Waals surface area contributed by atoms with Crippen LogP contribution >= 0.6 is 0 Å². The molecule has 7 nitrogen and oxygen atoms in total. The normalized spacial score (nSPS) is 14.7. The van der Waals surface area contributed by atoms with E-state index in [0.29, 0.717) is 38.2 Å². The zero-order valence-corrected chi connectivity index (χ0v) is 16.3. The second-order valence-corrected chi connectivity index (χ2v) is 7.01. The Morgan fingerprint density at radius 2 is 1.86 bits per heavy atom. The average molecular weight is 383 g/mol. The monoisotopic (exact) mass is 383 g/mol. The molecule has 148 valence electrons. The molecular weight excluding hydrogens is 358 g/mol. The van der Waals surface area contributed by atoms with Crippen LogP contribution in [0.2, 0.25) is 0 Å². The first-order valence-electron chi connectivity index (χ1n) is 9.56. The molecule has 1 aliphatic heterocycles. The molecule has 1 amide bonds. The van der Waals surface area contributed by atoms with E-state index in [4.69, 9.17) is 4.74 Å². The molecule has 3 rings (SSSR count). The summed E-state index contributed by atoms with van der Waals surface area (Å²) in [5.41, 5.74) is 2.32. The van der Waals surface area contributed by atoms with E-state index in [9.17, 15) is 14.4 Å². The number of aryl methyl sites for hydroxylation is 1. The summed E-state index contributed by atoms with van der Waals surface area (Å²) in [5.74, 6) is -0.488. The lowest BCUT2D eigenvalue weighted by molar-refractivity contribution is -0.151. The highest BCUT2D eigenvalue weighted by Gasteiger charge is 2.28. The summed E-state index contributed by atoms with van der Waals surface area (Å²) in [6, 6.07) is 9.21. The molecule has 2 aromatic rings. The van der Waals surface area contributed by atoms with E-state index in [1.54, 1.807) is 11.8 Å². The van der Waals surface area contributed by atoms with Gasteiger partial charge in [0.2, 0.25) is 5.91 Å². The van der Waals surface area contributed by atoms with E-state index in [1.165, 1.54) is 17.0 Å². The second kappa shape index (κ2) is 8.82. The van der Waals surface area contributed by atoms with Crippen molar-refractivity contribution in [1.29, 1.82) is 0 Å². The minimum atomic E-state index is -0.264. The maximum absolute atomic E-state index is 12.5. The second-order valence-electron chi connectivity index (χ2n) is 7.01. The lowest BCUT2D eigenvalue weighted by Gasteiger charge is -2.31. The minimum absolute atomic E-state index is 0.0515. The van der Waals surface area contributed by atoms with E-state index < -0.39 is 0 Å². The molecule has 0 aliphatic carbocycles. The Bertz CT molecular complexity index is 897. The van der Waals surface area contributed by atoms with Gasteiger partial charge in [-0.2, -0.15) is 0 Å². The molecule has 2 heterocycles. The average Bonchev–Trinajstić information content (AvgIpc) is 2.70. The number of amides is 1. The fraction of sp³-hybridized carbons (Fsp3) is 0.429. The zero-order chi connectivity index (χ0) is 20.1. The quantitative estimate of drug-likeness (QED) is 0.738. The van der Waals surface area contributed by atoms with Crippen LogP contribution in [0.1, 0.15) is 25.3 Å². The number of esters is 1. The number of nitrogens with zero attached hydrogens (tertiary/aromatic N) is 3. The topological polar surface area (TPSA) is 81.5 Å². The standard InChI is InChI=1S/C21H25N3O4/c1-3-28-21(27)17-8-10-23(11-9-17)20(26)13-24-14-22-18(12-19(24)25)16-6-4-15(2)5-7-16/h4-7,12,14,17H,3,8-11,13H2,1-2H3. The lowest BCUT2D eigenvalue weighted by Crippen LogP contribution is -2.43. The molecule has 0 atom stereocenters. The third-order valence-electron chi connectivity index (χ3n) is 5.00. The van der Waals surface area contributed by atoms with Gasteiger partial charge in [0, 0.05) is 24.7 Å². The van der Waals surface area contributed by atoms with Gasteiger partial charge in [-0.25, -0.2) is 4.98 Å². The van der Waals surface area contributed by atoms with Crippen molar-refractivity contribution < 1.29 is 14.3 Å². The highest BCUT2D eigenvalue weighted by Crippen LogP contribution is 2.19. The summed E-state index contributed by atoms with van der Waals surface area (Å²) in [5, 5.41) is 0. The first kappa shape index (κ1) is 19.8. The number of carbonyl (C=O) groups excluding carboxylic acids is 2. The SMILES string of the molecule is CCOC(=O)C1CCN(C(=O)Cn2cnc(-c3ccc(C)cc3)cc2=O)CC1. The van der Waals surface area contributed by atoms with E-state index >= 15 is 0 Å². The number of piperidine rings is 1. The number of carbonyl (C=O) groups is 2. The summed E-state index contributed by atoms with van der Waals surface area (Å²) in [7, 11) is 0. The van der Waals surface area contributed by atoms with Gasteiger partial charge in [-0.15, -0.1) is 0 Å². The molecule has 1 aromatic carbocycles. The van der Waals surface area contributed by atoms with Crippen LogP contribution in [-0.2, 0) is 20.9 Å². The van der Waals surface area contributed by atoms with Crippen LogP contribution in [0.4, 0.5) is 0 Å². The molecule has 0 spiro atoms. The van der Waals surface area contributed by atoms with Crippen LogP contribution in [0.25, 0.3) is 11.3 Å². The summed E-state index contributed by atoms with van der Waals surface area (Å²) in [6.45, 7) is 5.08. The van der Waals surface area contributed by atoms with Crippen molar-refractivity contribution in [2.45, 2.75) is 33.2 Å². The summed E-state index contributed by atoms with van der Waals surface area (Å²) in [4.78, 5) is 42.8.